The molecule has 1 heterocycles. The van der Waals surface area contributed by atoms with Gasteiger partial charge in [-0.05, 0) is 30.2 Å². The zero-order valence-corrected chi connectivity index (χ0v) is 14.6. The topological polar surface area (TPSA) is 56.2 Å². The van der Waals surface area contributed by atoms with E-state index < -0.39 is 0 Å². The van der Waals surface area contributed by atoms with Crippen LogP contribution in [0.25, 0.3) is 0 Å². The summed E-state index contributed by atoms with van der Waals surface area (Å²) >= 11 is 0. The van der Waals surface area contributed by atoms with Gasteiger partial charge in [0, 0.05) is 38.3 Å². The van der Waals surface area contributed by atoms with Gasteiger partial charge >= 0.3 is 0 Å². The Morgan fingerprint density at radius 3 is 2.61 bits per heavy atom. The molecule has 2 rings (SSSR count). The largest absolute Gasteiger partial charge is 0.508 e. The fourth-order valence-corrected chi connectivity index (χ4v) is 3.36. The van der Waals surface area contributed by atoms with Crippen molar-refractivity contribution >= 4 is 0 Å². The molecule has 0 aromatic heterocycles. The lowest BCUT2D eigenvalue weighted by Gasteiger charge is -2.37. The molecule has 1 saturated heterocycles. The van der Waals surface area contributed by atoms with Gasteiger partial charge in [0.1, 0.15) is 5.75 Å². The van der Waals surface area contributed by atoms with Crippen LogP contribution in [0.2, 0.25) is 0 Å². The van der Waals surface area contributed by atoms with Gasteiger partial charge in [-0.3, -0.25) is 4.90 Å². The van der Waals surface area contributed by atoms with Gasteiger partial charge in [-0.2, -0.15) is 0 Å². The third-order valence-corrected chi connectivity index (χ3v) is 4.22. The molecular weight excluding hydrogens is 292 g/mol. The zero-order valence-electron chi connectivity index (χ0n) is 14.6. The average Bonchev–Trinajstić information content (AvgIpc) is 2.49. The third-order valence-electron chi connectivity index (χ3n) is 4.22. The molecule has 1 aliphatic heterocycles. The molecule has 130 valence electrons. The molecule has 0 spiro atoms. The molecule has 5 nitrogen and oxygen atoms in total. The number of ether oxygens (including phenoxy) is 1. The highest BCUT2D eigenvalue weighted by Gasteiger charge is 2.25. The van der Waals surface area contributed by atoms with E-state index in [9.17, 15) is 10.2 Å². The summed E-state index contributed by atoms with van der Waals surface area (Å²) in [6.45, 7) is 10.9. The molecule has 0 saturated carbocycles. The minimum atomic E-state index is -0.000478. The van der Waals surface area contributed by atoms with Gasteiger partial charge in [0.15, 0.2) is 0 Å². The second-order valence-electron chi connectivity index (χ2n) is 7.35. The minimum absolute atomic E-state index is 0.000478. The molecule has 1 aliphatic rings. The molecule has 5 heteroatoms. The summed E-state index contributed by atoms with van der Waals surface area (Å²) in [6.07, 6.45) is 0. The molecular formula is C18H30N2O3. The van der Waals surface area contributed by atoms with E-state index in [2.05, 4.69) is 30.7 Å². The van der Waals surface area contributed by atoms with Gasteiger partial charge in [-0.25, -0.2) is 0 Å². The highest BCUT2D eigenvalue weighted by Crippen LogP contribution is 2.23. The maximum atomic E-state index is 10.0. The average molecular weight is 322 g/mol. The molecule has 1 aromatic carbocycles. The van der Waals surface area contributed by atoms with Crippen LogP contribution in [0.3, 0.4) is 0 Å². The molecule has 0 unspecified atom stereocenters. The van der Waals surface area contributed by atoms with Crippen molar-refractivity contribution in [3.8, 4) is 5.75 Å². The summed E-state index contributed by atoms with van der Waals surface area (Å²) in [5, 5.41) is 19.3. The Morgan fingerprint density at radius 2 is 1.96 bits per heavy atom. The van der Waals surface area contributed by atoms with E-state index in [-0.39, 0.29) is 12.0 Å². The Kier molecular flexibility index (Phi) is 6.41. The van der Waals surface area contributed by atoms with Crippen molar-refractivity contribution in [3.63, 3.8) is 0 Å². The minimum Gasteiger partial charge on any atom is -0.508 e. The second-order valence-corrected chi connectivity index (χ2v) is 7.35. The van der Waals surface area contributed by atoms with E-state index in [1.54, 1.807) is 12.1 Å². The number of hydrogen-bond donors (Lipinski definition) is 2. The number of aliphatic hydroxyl groups is 1. The number of morpholine rings is 1. The number of rotatable bonds is 7. The predicted molar refractivity (Wildman–Crippen MR) is 91.4 cm³/mol. The molecule has 0 aliphatic carbocycles. The number of phenols is 1. The molecule has 0 amide bonds. The predicted octanol–water partition coefficient (Wildman–Crippen LogP) is 1.67. The number of phenolic OH excluding ortho intramolecular Hbond substituents is 1. The number of hydrogen-bond acceptors (Lipinski definition) is 5. The van der Waals surface area contributed by atoms with E-state index in [0.717, 1.165) is 50.5 Å². The summed E-state index contributed by atoms with van der Waals surface area (Å²) < 4.78 is 5.41. The van der Waals surface area contributed by atoms with Crippen LogP contribution >= 0.6 is 0 Å². The summed E-state index contributed by atoms with van der Waals surface area (Å²) in [7, 11) is 2.08. The summed E-state index contributed by atoms with van der Waals surface area (Å²) in [4.78, 5) is 4.69. The number of aromatic hydroxyl groups is 1. The van der Waals surface area contributed by atoms with Crippen molar-refractivity contribution < 1.29 is 14.9 Å². The maximum absolute atomic E-state index is 10.0. The number of aliphatic hydroxyl groups excluding tert-OH is 1. The molecule has 0 radical (unpaired) electrons. The SMILES string of the molecule is CN(Cc1cc(CO)ccc1O)CC(C)(C)CN1CCOCC1. The van der Waals surface area contributed by atoms with Gasteiger partial charge in [-0.15, -0.1) is 0 Å². The standard InChI is InChI=1S/C18H30N2O3/c1-18(2,14-20-6-8-23-9-7-20)13-19(3)11-16-10-15(12-21)4-5-17(16)22/h4-5,10,21-22H,6-9,11-14H2,1-3H3. The zero-order chi connectivity index (χ0) is 16.9. The van der Waals surface area contributed by atoms with Crippen LogP contribution in [0.4, 0.5) is 0 Å². The van der Waals surface area contributed by atoms with E-state index >= 15 is 0 Å². The Labute approximate surface area is 139 Å². The van der Waals surface area contributed by atoms with Crippen LogP contribution in [-0.2, 0) is 17.9 Å². The molecule has 0 atom stereocenters. The Hall–Kier alpha value is -1.14. The van der Waals surface area contributed by atoms with Gasteiger partial charge in [0.25, 0.3) is 0 Å². The Bertz CT molecular complexity index is 499. The fourth-order valence-electron chi connectivity index (χ4n) is 3.36. The highest BCUT2D eigenvalue weighted by molar-refractivity contribution is 5.35. The summed E-state index contributed by atoms with van der Waals surface area (Å²) in [6, 6.07) is 5.29. The third kappa shape index (κ3) is 5.77. The van der Waals surface area contributed by atoms with E-state index in [4.69, 9.17) is 4.74 Å². The Balaban J connectivity index is 1.91. The lowest BCUT2D eigenvalue weighted by molar-refractivity contribution is 0.0161. The summed E-state index contributed by atoms with van der Waals surface area (Å²) in [5.41, 5.74) is 1.86. The first-order valence-electron chi connectivity index (χ1n) is 8.30. The van der Waals surface area contributed by atoms with Crippen LogP contribution in [0.5, 0.6) is 5.75 Å². The van der Waals surface area contributed by atoms with Crippen LogP contribution in [0.15, 0.2) is 18.2 Å². The molecule has 2 N–H and O–H groups in total. The van der Waals surface area contributed by atoms with Crippen molar-refractivity contribution in [2.75, 3.05) is 46.4 Å². The van der Waals surface area contributed by atoms with E-state index in [1.165, 1.54) is 0 Å². The maximum Gasteiger partial charge on any atom is 0.120 e. The molecule has 1 fully saturated rings. The number of nitrogens with zero attached hydrogens (tertiary/aromatic N) is 2. The molecule has 0 bridgehead atoms. The number of benzene rings is 1. The van der Waals surface area contributed by atoms with Gasteiger partial charge in [0.05, 0.1) is 19.8 Å². The monoisotopic (exact) mass is 322 g/mol. The van der Waals surface area contributed by atoms with Crippen LogP contribution in [0, 0.1) is 5.41 Å². The molecule has 1 aromatic rings. The lowest BCUT2D eigenvalue weighted by Crippen LogP contribution is -2.45. The molecule has 23 heavy (non-hydrogen) atoms. The van der Waals surface area contributed by atoms with Crippen molar-refractivity contribution in [2.45, 2.75) is 27.0 Å². The van der Waals surface area contributed by atoms with Crippen molar-refractivity contribution in [2.24, 2.45) is 5.41 Å². The van der Waals surface area contributed by atoms with Gasteiger partial charge < -0.3 is 19.8 Å². The Morgan fingerprint density at radius 1 is 1.26 bits per heavy atom. The summed E-state index contributed by atoms with van der Waals surface area (Å²) in [5.74, 6) is 0.292. The van der Waals surface area contributed by atoms with E-state index in [1.807, 2.05) is 6.07 Å². The normalized spacial score (nSPS) is 16.9. The quantitative estimate of drug-likeness (QED) is 0.800. The van der Waals surface area contributed by atoms with Crippen LogP contribution < -0.4 is 0 Å². The van der Waals surface area contributed by atoms with E-state index in [0.29, 0.717) is 12.3 Å². The first-order valence-corrected chi connectivity index (χ1v) is 8.30. The fraction of sp³-hybridized carbons (Fsp3) is 0.667. The first kappa shape index (κ1) is 18.2. The lowest BCUT2D eigenvalue weighted by atomic mass is 9.91. The van der Waals surface area contributed by atoms with Crippen LogP contribution in [-0.4, -0.2) is 66.5 Å². The second kappa shape index (κ2) is 8.11. The van der Waals surface area contributed by atoms with Crippen molar-refractivity contribution in [1.82, 2.24) is 9.80 Å². The van der Waals surface area contributed by atoms with Crippen LogP contribution in [0.1, 0.15) is 25.0 Å². The first-order chi connectivity index (χ1) is 10.9. The smallest absolute Gasteiger partial charge is 0.120 e. The van der Waals surface area contributed by atoms with Crippen molar-refractivity contribution in [3.05, 3.63) is 29.3 Å². The van der Waals surface area contributed by atoms with Gasteiger partial charge in [0.2, 0.25) is 0 Å². The van der Waals surface area contributed by atoms with Gasteiger partial charge in [-0.1, -0.05) is 19.9 Å². The highest BCUT2D eigenvalue weighted by atomic mass is 16.5. The van der Waals surface area contributed by atoms with Crippen molar-refractivity contribution in [1.29, 1.82) is 0 Å².